The van der Waals surface area contributed by atoms with Crippen molar-refractivity contribution in [1.82, 2.24) is 4.98 Å². The third kappa shape index (κ3) is 2.83. The number of ether oxygens (including phenoxy) is 2. The van der Waals surface area contributed by atoms with E-state index >= 15 is 0 Å². The van der Waals surface area contributed by atoms with Gasteiger partial charge in [-0.3, -0.25) is 4.79 Å². The highest BCUT2D eigenvalue weighted by Gasteiger charge is 2.34. The molecule has 3 rings (SSSR count). The molecule has 0 amide bonds. The van der Waals surface area contributed by atoms with Gasteiger partial charge in [0.2, 0.25) is 5.43 Å². The van der Waals surface area contributed by atoms with E-state index in [1.165, 1.54) is 44.6 Å². The Bertz CT molecular complexity index is 1040. The van der Waals surface area contributed by atoms with Crippen LogP contribution in [0.25, 0.3) is 22.2 Å². The summed E-state index contributed by atoms with van der Waals surface area (Å²) in [4.78, 5) is 15.2. The fraction of sp³-hybridized carbons (Fsp3) is 0.167. The van der Waals surface area contributed by atoms with Gasteiger partial charge in [-0.25, -0.2) is 0 Å². The zero-order valence-electron chi connectivity index (χ0n) is 13.8. The smallest absolute Gasteiger partial charge is 0.417 e. The van der Waals surface area contributed by atoms with Crippen LogP contribution in [0.2, 0.25) is 0 Å². The average Bonchev–Trinajstić information content (AvgIpc) is 2.63. The van der Waals surface area contributed by atoms with Crippen molar-refractivity contribution >= 4 is 10.9 Å². The molecule has 0 unspecified atom stereocenters. The normalized spacial score (nSPS) is 11.6. The number of hydrogen-bond acceptors (Lipinski definition) is 4. The predicted octanol–water partition coefficient (Wildman–Crippen LogP) is 3.94. The molecule has 3 aromatic rings. The summed E-state index contributed by atoms with van der Waals surface area (Å²) in [5.74, 6) is -0.258. The number of methoxy groups -OCH3 is 2. The molecular formula is C18H14F3NO4. The molecule has 0 saturated carbocycles. The molecule has 5 nitrogen and oxygen atoms in total. The molecule has 0 saturated heterocycles. The van der Waals surface area contributed by atoms with Gasteiger partial charge < -0.3 is 19.6 Å². The molecule has 136 valence electrons. The SMILES string of the molecule is COc1cc2[nH]c(-c3ccccc3C(F)(F)F)c(O)c(=O)c2cc1OC. The van der Waals surface area contributed by atoms with Gasteiger partial charge >= 0.3 is 6.18 Å². The Morgan fingerprint density at radius 3 is 2.27 bits per heavy atom. The van der Waals surface area contributed by atoms with Crippen molar-refractivity contribution in [2.24, 2.45) is 0 Å². The second kappa shape index (κ2) is 6.29. The first kappa shape index (κ1) is 17.7. The number of aromatic amines is 1. The molecule has 0 radical (unpaired) electrons. The van der Waals surface area contributed by atoms with E-state index in [9.17, 15) is 23.1 Å². The van der Waals surface area contributed by atoms with E-state index < -0.39 is 22.9 Å². The quantitative estimate of drug-likeness (QED) is 0.738. The highest BCUT2D eigenvalue weighted by molar-refractivity contribution is 5.88. The van der Waals surface area contributed by atoms with Gasteiger partial charge in [0.15, 0.2) is 17.2 Å². The zero-order valence-corrected chi connectivity index (χ0v) is 13.8. The van der Waals surface area contributed by atoms with E-state index in [0.29, 0.717) is 0 Å². The van der Waals surface area contributed by atoms with Gasteiger partial charge in [0.1, 0.15) is 0 Å². The molecule has 26 heavy (non-hydrogen) atoms. The molecule has 2 aromatic carbocycles. The first-order valence-electron chi connectivity index (χ1n) is 7.45. The van der Waals surface area contributed by atoms with Crippen molar-refractivity contribution in [2.75, 3.05) is 14.2 Å². The zero-order chi connectivity index (χ0) is 19.1. The Labute approximate surface area is 145 Å². The van der Waals surface area contributed by atoms with Gasteiger partial charge in [0.25, 0.3) is 0 Å². The number of nitrogens with one attached hydrogen (secondary N) is 1. The van der Waals surface area contributed by atoms with Gasteiger partial charge in [-0.1, -0.05) is 18.2 Å². The number of halogens is 3. The molecule has 1 aromatic heterocycles. The molecule has 0 bridgehead atoms. The molecule has 1 heterocycles. The van der Waals surface area contributed by atoms with Crippen molar-refractivity contribution in [3.63, 3.8) is 0 Å². The summed E-state index contributed by atoms with van der Waals surface area (Å²) in [6.07, 6.45) is -4.65. The van der Waals surface area contributed by atoms with Crippen molar-refractivity contribution in [2.45, 2.75) is 6.18 Å². The molecule has 8 heteroatoms. The van der Waals surface area contributed by atoms with Crippen LogP contribution in [-0.4, -0.2) is 24.3 Å². The van der Waals surface area contributed by atoms with Crippen molar-refractivity contribution in [3.8, 4) is 28.5 Å². The van der Waals surface area contributed by atoms with Crippen LogP contribution in [-0.2, 0) is 6.18 Å². The van der Waals surface area contributed by atoms with Gasteiger partial charge in [0.05, 0.1) is 36.4 Å². The van der Waals surface area contributed by atoms with Crippen LogP contribution in [0, 0.1) is 0 Å². The maximum Gasteiger partial charge on any atom is 0.417 e. The van der Waals surface area contributed by atoms with E-state index in [1.54, 1.807) is 0 Å². The maximum absolute atomic E-state index is 13.3. The minimum absolute atomic E-state index is 0.0633. The number of pyridine rings is 1. The van der Waals surface area contributed by atoms with Crippen LogP contribution in [0.5, 0.6) is 17.2 Å². The van der Waals surface area contributed by atoms with E-state index in [0.717, 1.165) is 6.07 Å². The third-order valence-corrected chi connectivity index (χ3v) is 3.98. The van der Waals surface area contributed by atoms with Gasteiger partial charge in [0, 0.05) is 11.6 Å². The molecule has 2 N–H and O–H groups in total. The standard InChI is InChI=1S/C18H14F3NO4/c1-25-13-7-10-12(8-14(13)26-2)22-15(17(24)16(10)23)9-5-3-4-6-11(9)18(19,20)21/h3-8,24H,1-2H3,(H,22,23). The predicted molar refractivity (Wildman–Crippen MR) is 89.8 cm³/mol. The Morgan fingerprint density at radius 2 is 1.65 bits per heavy atom. The van der Waals surface area contributed by atoms with Crippen molar-refractivity contribution in [1.29, 1.82) is 0 Å². The molecule has 0 aliphatic heterocycles. The molecular weight excluding hydrogens is 351 g/mol. The number of alkyl halides is 3. The summed E-state index contributed by atoms with van der Waals surface area (Å²) in [7, 11) is 2.77. The van der Waals surface area contributed by atoms with Gasteiger partial charge in [-0.15, -0.1) is 0 Å². The summed E-state index contributed by atoms with van der Waals surface area (Å²) in [5, 5.41) is 10.3. The Kier molecular flexibility index (Phi) is 4.27. The first-order chi connectivity index (χ1) is 12.3. The molecule has 0 fully saturated rings. The summed E-state index contributed by atoms with van der Waals surface area (Å²) in [6, 6.07) is 7.46. The highest BCUT2D eigenvalue weighted by Crippen LogP contribution is 2.39. The first-order valence-corrected chi connectivity index (χ1v) is 7.45. The maximum atomic E-state index is 13.3. The summed E-state index contributed by atoms with van der Waals surface area (Å²) in [6.45, 7) is 0. The van der Waals surface area contributed by atoms with E-state index in [2.05, 4.69) is 4.98 Å². The fourth-order valence-electron chi connectivity index (χ4n) is 2.75. The lowest BCUT2D eigenvalue weighted by Gasteiger charge is -2.15. The molecule has 0 aliphatic carbocycles. The molecule has 0 aliphatic rings. The number of aromatic hydroxyl groups is 1. The average molecular weight is 365 g/mol. The number of benzene rings is 2. The lowest BCUT2D eigenvalue weighted by molar-refractivity contribution is -0.137. The minimum atomic E-state index is -4.65. The Balaban J connectivity index is 2.37. The number of H-pyrrole nitrogens is 1. The largest absolute Gasteiger partial charge is 0.503 e. The molecule has 0 atom stereocenters. The summed E-state index contributed by atoms with van der Waals surface area (Å²) >= 11 is 0. The number of aromatic nitrogens is 1. The van der Waals surface area contributed by atoms with Crippen molar-refractivity contribution < 1.29 is 27.8 Å². The third-order valence-electron chi connectivity index (χ3n) is 3.98. The monoisotopic (exact) mass is 365 g/mol. The summed E-state index contributed by atoms with van der Waals surface area (Å²) < 4.78 is 50.1. The number of hydrogen-bond donors (Lipinski definition) is 2. The number of rotatable bonds is 3. The van der Waals surface area contributed by atoms with Crippen LogP contribution in [0.4, 0.5) is 13.2 Å². The van der Waals surface area contributed by atoms with E-state index in [4.69, 9.17) is 9.47 Å². The number of fused-ring (bicyclic) bond motifs is 1. The highest BCUT2D eigenvalue weighted by atomic mass is 19.4. The molecule has 0 spiro atoms. The second-order valence-electron chi connectivity index (χ2n) is 5.47. The summed E-state index contributed by atoms with van der Waals surface area (Å²) in [5.41, 5.74) is -2.22. The van der Waals surface area contributed by atoms with Crippen LogP contribution in [0.1, 0.15) is 5.56 Å². The van der Waals surface area contributed by atoms with Crippen LogP contribution < -0.4 is 14.9 Å². The second-order valence-corrected chi connectivity index (χ2v) is 5.47. The van der Waals surface area contributed by atoms with E-state index in [1.807, 2.05) is 0 Å². The van der Waals surface area contributed by atoms with Crippen LogP contribution in [0.15, 0.2) is 41.2 Å². The van der Waals surface area contributed by atoms with E-state index in [-0.39, 0.29) is 33.7 Å². The van der Waals surface area contributed by atoms with Crippen molar-refractivity contribution in [3.05, 3.63) is 52.2 Å². The lowest BCUT2D eigenvalue weighted by atomic mass is 10.0. The fourth-order valence-corrected chi connectivity index (χ4v) is 2.75. The Hall–Kier alpha value is -3.16. The Morgan fingerprint density at radius 1 is 1.04 bits per heavy atom. The lowest BCUT2D eigenvalue weighted by Crippen LogP contribution is -2.10. The van der Waals surface area contributed by atoms with Gasteiger partial charge in [-0.2, -0.15) is 13.2 Å². The van der Waals surface area contributed by atoms with Crippen LogP contribution in [0.3, 0.4) is 0 Å². The van der Waals surface area contributed by atoms with Crippen LogP contribution >= 0.6 is 0 Å². The minimum Gasteiger partial charge on any atom is -0.503 e. The topological polar surface area (TPSA) is 71.5 Å². The van der Waals surface area contributed by atoms with Gasteiger partial charge in [-0.05, 0) is 12.1 Å².